The number of nitrogens with zero attached hydrogens (tertiary/aromatic N) is 4. The first-order chi connectivity index (χ1) is 13.1. The Morgan fingerprint density at radius 2 is 2.07 bits per heavy atom. The van der Waals surface area contributed by atoms with E-state index in [1.807, 2.05) is 42.1 Å². The number of aromatic nitrogens is 4. The second kappa shape index (κ2) is 7.20. The van der Waals surface area contributed by atoms with Crippen molar-refractivity contribution in [2.24, 2.45) is 12.8 Å². The smallest absolute Gasteiger partial charge is 0.273 e. The van der Waals surface area contributed by atoms with Crippen LogP contribution in [0.25, 0.3) is 10.9 Å². The molecule has 1 aromatic carbocycles. The van der Waals surface area contributed by atoms with Gasteiger partial charge in [-0.05, 0) is 44.1 Å². The lowest BCUT2D eigenvalue weighted by atomic mass is 10.1. The third-order valence-electron chi connectivity index (χ3n) is 4.77. The third kappa shape index (κ3) is 3.54. The first-order valence-electron chi connectivity index (χ1n) is 8.94. The minimum Gasteiger partial charge on any atom is -0.364 e. The number of hydrogen-bond donors (Lipinski definition) is 4. The fourth-order valence-corrected chi connectivity index (χ4v) is 3.33. The van der Waals surface area contributed by atoms with E-state index in [1.165, 1.54) is 0 Å². The van der Waals surface area contributed by atoms with Gasteiger partial charge in [-0.1, -0.05) is 6.07 Å². The lowest BCUT2D eigenvalue weighted by molar-refractivity contribution is 0.0995. The number of carbonyl (C=O) groups excluding carboxylic acids is 1. The molecule has 1 aliphatic heterocycles. The number of carbonyl (C=O) groups is 1. The van der Waals surface area contributed by atoms with E-state index in [0.717, 1.165) is 42.5 Å². The average molecular weight is 366 g/mol. The van der Waals surface area contributed by atoms with Gasteiger partial charge in [-0.2, -0.15) is 4.98 Å². The minimum atomic E-state index is -0.675. The Hall–Kier alpha value is -3.20. The van der Waals surface area contributed by atoms with E-state index in [4.69, 9.17) is 5.73 Å². The monoisotopic (exact) mass is 366 g/mol. The number of nitrogens with one attached hydrogen (secondary N) is 3. The van der Waals surface area contributed by atoms with Crippen molar-refractivity contribution in [2.75, 3.05) is 23.7 Å². The number of piperidine rings is 1. The topological polar surface area (TPSA) is 123 Å². The van der Waals surface area contributed by atoms with Crippen LogP contribution in [0.2, 0.25) is 0 Å². The summed E-state index contributed by atoms with van der Waals surface area (Å²) in [6.45, 7) is 1.90. The summed E-state index contributed by atoms with van der Waals surface area (Å²) in [4.78, 5) is 16.3. The van der Waals surface area contributed by atoms with Gasteiger partial charge in [-0.15, -0.1) is 10.2 Å². The highest BCUT2D eigenvalue weighted by Gasteiger charge is 2.18. The van der Waals surface area contributed by atoms with Gasteiger partial charge in [0.25, 0.3) is 5.91 Å². The number of anilines is 3. The first kappa shape index (κ1) is 17.2. The van der Waals surface area contributed by atoms with Gasteiger partial charge < -0.3 is 26.3 Å². The Kier molecular flexibility index (Phi) is 4.59. The fourth-order valence-electron chi connectivity index (χ4n) is 3.33. The van der Waals surface area contributed by atoms with Gasteiger partial charge in [0.1, 0.15) is 0 Å². The van der Waals surface area contributed by atoms with Crippen LogP contribution in [0.3, 0.4) is 0 Å². The maximum absolute atomic E-state index is 11.8. The van der Waals surface area contributed by atoms with E-state index in [2.05, 4.69) is 31.1 Å². The summed E-state index contributed by atoms with van der Waals surface area (Å²) in [5.74, 6) is 0.00563. The summed E-state index contributed by atoms with van der Waals surface area (Å²) >= 11 is 0. The molecule has 5 N–H and O–H groups in total. The van der Waals surface area contributed by atoms with Gasteiger partial charge in [0, 0.05) is 35.9 Å². The highest BCUT2D eigenvalue weighted by atomic mass is 16.1. The molecule has 4 rings (SSSR count). The van der Waals surface area contributed by atoms with Crippen LogP contribution in [0.5, 0.6) is 0 Å². The van der Waals surface area contributed by atoms with Crippen LogP contribution in [-0.2, 0) is 7.05 Å². The van der Waals surface area contributed by atoms with Crippen molar-refractivity contribution >= 4 is 34.3 Å². The van der Waals surface area contributed by atoms with Gasteiger partial charge in [0.15, 0.2) is 11.5 Å². The molecular weight excluding hydrogens is 344 g/mol. The van der Waals surface area contributed by atoms with Crippen molar-refractivity contribution in [3.8, 4) is 0 Å². The van der Waals surface area contributed by atoms with Crippen molar-refractivity contribution in [1.29, 1.82) is 0 Å². The van der Waals surface area contributed by atoms with Crippen LogP contribution in [0, 0.1) is 0 Å². The van der Waals surface area contributed by atoms with E-state index in [9.17, 15) is 4.79 Å². The Morgan fingerprint density at radius 1 is 1.26 bits per heavy atom. The van der Waals surface area contributed by atoms with Gasteiger partial charge in [0.2, 0.25) is 5.95 Å². The Bertz CT molecular complexity index is 977. The molecule has 0 bridgehead atoms. The molecule has 27 heavy (non-hydrogen) atoms. The second-order valence-electron chi connectivity index (χ2n) is 6.66. The zero-order valence-corrected chi connectivity index (χ0v) is 15.1. The molecule has 2 aromatic heterocycles. The second-order valence-corrected chi connectivity index (χ2v) is 6.66. The maximum Gasteiger partial charge on any atom is 0.273 e. The van der Waals surface area contributed by atoms with Crippen LogP contribution in [0.1, 0.15) is 23.3 Å². The number of rotatable bonds is 5. The zero-order valence-electron chi connectivity index (χ0n) is 15.1. The molecule has 0 aliphatic carbocycles. The summed E-state index contributed by atoms with van der Waals surface area (Å²) in [5.41, 5.74) is 7.37. The molecule has 3 aromatic rings. The molecule has 1 saturated heterocycles. The molecule has 140 valence electrons. The predicted octanol–water partition coefficient (Wildman–Crippen LogP) is 1.37. The number of hydrogen-bond acceptors (Lipinski definition) is 7. The van der Waals surface area contributed by atoms with Gasteiger partial charge in [-0.25, -0.2) is 0 Å². The quantitative estimate of drug-likeness (QED) is 0.538. The normalized spacial score (nSPS) is 15.0. The van der Waals surface area contributed by atoms with E-state index >= 15 is 0 Å². The van der Waals surface area contributed by atoms with Crippen molar-refractivity contribution in [3.05, 3.63) is 36.2 Å². The van der Waals surface area contributed by atoms with E-state index in [1.54, 1.807) is 0 Å². The molecule has 3 heterocycles. The van der Waals surface area contributed by atoms with Crippen LogP contribution >= 0.6 is 0 Å². The van der Waals surface area contributed by atoms with Crippen LogP contribution in [-0.4, -0.2) is 44.8 Å². The van der Waals surface area contributed by atoms with Crippen molar-refractivity contribution in [2.45, 2.75) is 18.9 Å². The summed E-state index contributed by atoms with van der Waals surface area (Å²) in [6.07, 6.45) is 3.94. The van der Waals surface area contributed by atoms with Gasteiger partial charge in [0.05, 0.1) is 0 Å². The molecule has 1 fully saturated rings. The Labute approximate surface area is 156 Å². The van der Waals surface area contributed by atoms with Gasteiger partial charge >= 0.3 is 0 Å². The number of primary amides is 1. The largest absolute Gasteiger partial charge is 0.364 e. The molecule has 0 atom stereocenters. The maximum atomic E-state index is 11.8. The van der Waals surface area contributed by atoms with Crippen LogP contribution in [0.15, 0.2) is 30.5 Å². The molecule has 9 nitrogen and oxygen atoms in total. The molecule has 1 aliphatic rings. The van der Waals surface area contributed by atoms with Crippen LogP contribution in [0.4, 0.5) is 17.5 Å². The molecular formula is C18H22N8O. The summed E-state index contributed by atoms with van der Waals surface area (Å²) in [6, 6.07) is 8.17. The first-order valence-corrected chi connectivity index (χ1v) is 8.94. The summed E-state index contributed by atoms with van der Waals surface area (Å²) in [7, 11) is 1.98. The molecule has 0 spiro atoms. The molecule has 9 heteroatoms. The third-order valence-corrected chi connectivity index (χ3v) is 4.77. The fraction of sp³-hybridized carbons (Fsp3) is 0.333. The SMILES string of the molecule is Cn1ccc2c(Nc3nc(NC4CCNCC4)nnc3C(N)=O)cccc21. The number of amides is 1. The standard InChI is InChI=1S/C18H22N8O/c1-26-10-7-12-13(3-2-4-14(12)26)22-17-15(16(19)27)24-25-18(23-17)21-11-5-8-20-9-6-11/h2-4,7,10-11,20H,5-6,8-9H2,1H3,(H2,19,27)(H2,21,22,23,25). The van der Waals surface area contributed by atoms with Gasteiger partial charge in [-0.3, -0.25) is 4.79 Å². The lowest BCUT2D eigenvalue weighted by Crippen LogP contribution is -2.36. The molecule has 1 amide bonds. The van der Waals surface area contributed by atoms with Crippen molar-refractivity contribution in [1.82, 2.24) is 25.1 Å². The van der Waals surface area contributed by atoms with E-state index < -0.39 is 5.91 Å². The van der Waals surface area contributed by atoms with Crippen molar-refractivity contribution < 1.29 is 4.79 Å². The summed E-state index contributed by atoms with van der Waals surface area (Å²) < 4.78 is 2.03. The highest BCUT2D eigenvalue weighted by molar-refractivity contribution is 5.99. The average Bonchev–Trinajstić information content (AvgIpc) is 3.05. The minimum absolute atomic E-state index is 0.0128. The van der Waals surface area contributed by atoms with Crippen molar-refractivity contribution in [3.63, 3.8) is 0 Å². The zero-order chi connectivity index (χ0) is 18.8. The lowest BCUT2D eigenvalue weighted by Gasteiger charge is -2.23. The number of fused-ring (bicyclic) bond motifs is 1. The molecule has 0 radical (unpaired) electrons. The Balaban J connectivity index is 1.66. The number of benzene rings is 1. The van der Waals surface area contributed by atoms with Crippen LogP contribution < -0.4 is 21.7 Å². The predicted molar refractivity (Wildman–Crippen MR) is 104 cm³/mol. The number of nitrogens with two attached hydrogens (primary N) is 1. The summed E-state index contributed by atoms with van der Waals surface area (Å²) in [5, 5.41) is 18.8. The number of aryl methyl sites for hydroxylation is 1. The molecule has 0 unspecified atom stereocenters. The highest BCUT2D eigenvalue weighted by Crippen LogP contribution is 2.27. The van der Waals surface area contributed by atoms with E-state index in [-0.39, 0.29) is 11.7 Å². The Morgan fingerprint density at radius 3 is 2.85 bits per heavy atom. The molecule has 0 saturated carbocycles. The van der Waals surface area contributed by atoms with E-state index in [0.29, 0.717) is 11.8 Å².